The van der Waals surface area contributed by atoms with Gasteiger partial charge in [0.05, 0.1) is 11.3 Å². The van der Waals surface area contributed by atoms with Crippen molar-refractivity contribution in [3.8, 4) is 11.1 Å². The van der Waals surface area contributed by atoms with Crippen molar-refractivity contribution < 1.29 is 9.59 Å². The number of aryl methyl sites for hydroxylation is 1. The van der Waals surface area contributed by atoms with E-state index < -0.39 is 0 Å². The molecule has 0 atom stereocenters. The lowest BCUT2D eigenvalue weighted by molar-refractivity contribution is 0.100. The topological polar surface area (TPSA) is 49.9 Å². The second-order valence-electron chi connectivity index (χ2n) is 6.71. The third-order valence-corrected chi connectivity index (χ3v) is 4.77. The average molecular weight is 365 g/mol. The lowest BCUT2D eigenvalue weighted by atomic mass is 9.93. The SMILES string of the molecule is Cc1ccc(-c2c[nH]c(C(=O)c3ccccc3)c2C(=O)c2ccccc2)cc1. The molecule has 0 aliphatic heterocycles. The molecular formula is C25H19NO2. The van der Waals surface area contributed by atoms with Gasteiger partial charge in [-0.2, -0.15) is 0 Å². The molecule has 0 saturated heterocycles. The van der Waals surface area contributed by atoms with E-state index in [0.717, 1.165) is 16.7 Å². The summed E-state index contributed by atoms with van der Waals surface area (Å²) in [4.78, 5) is 29.5. The van der Waals surface area contributed by atoms with Crippen LogP contribution in [0.5, 0.6) is 0 Å². The van der Waals surface area contributed by atoms with Gasteiger partial charge in [0.25, 0.3) is 0 Å². The van der Waals surface area contributed by atoms with E-state index >= 15 is 0 Å². The van der Waals surface area contributed by atoms with Crippen molar-refractivity contribution in [2.45, 2.75) is 6.92 Å². The van der Waals surface area contributed by atoms with Gasteiger partial charge in [0.2, 0.25) is 5.78 Å². The predicted molar refractivity (Wildman–Crippen MR) is 111 cm³/mol. The average Bonchev–Trinajstić information content (AvgIpc) is 3.19. The van der Waals surface area contributed by atoms with E-state index in [2.05, 4.69) is 4.98 Å². The number of hydrogen-bond acceptors (Lipinski definition) is 2. The van der Waals surface area contributed by atoms with Crippen LogP contribution in [-0.2, 0) is 0 Å². The van der Waals surface area contributed by atoms with Crippen LogP contribution in [0.2, 0.25) is 0 Å². The molecule has 0 saturated carbocycles. The Morgan fingerprint density at radius 2 is 1.21 bits per heavy atom. The zero-order chi connectivity index (χ0) is 19.5. The van der Waals surface area contributed by atoms with Crippen molar-refractivity contribution in [1.82, 2.24) is 4.98 Å². The zero-order valence-electron chi connectivity index (χ0n) is 15.5. The minimum absolute atomic E-state index is 0.170. The number of H-pyrrole nitrogens is 1. The Labute approximate surface area is 163 Å². The van der Waals surface area contributed by atoms with E-state index in [9.17, 15) is 9.59 Å². The summed E-state index contributed by atoms with van der Waals surface area (Å²) >= 11 is 0. The van der Waals surface area contributed by atoms with Gasteiger partial charge >= 0.3 is 0 Å². The molecule has 3 nitrogen and oxygen atoms in total. The number of aromatic amines is 1. The summed E-state index contributed by atoms with van der Waals surface area (Å²) in [5, 5.41) is 0. The highest BCUT2D eigenvalue weighted by Gasteiger charge is 2.25. The Morgan fingerprint density at radius 3 is 1.79 bits per heavy atom. The summed E-state index contributed by atoms with van der Waals surface area (Å²) in [5.41, 5.74) is 4.58. The molecule has 4 rings (SSSR count). The molecule has 0 radical (unpaired) electrons. The van der Waals surface area contributed by atoms with Gasteiger partial charge in [-0.15, -0.1) is 0 Å². The molecule has 1 aromatic heterocycles. The van der Waals surface area contributed by atoms with E-state index in [4.69, 9.17) is 0 Å². The van der Waals surface area contributed by atoms with Crippen molar-refractivity contribution in [2.75, 3.05) is 0 Å². The van der Waals surface area contributed by atoms with Crippen molar-refractivity contribution in [2.24, 2.45) is 0 Å². The summed E-state index contributed by atoms with van der Waals surface area (Å²) in [5.74, 6) is -0.366. The number of carbonyl (C=O) groups excluding carboxylic acids is 2. The summed E-state index contributed by atoms with van der Waals surface area (Å²) in [7, 11) is 0. The molecule has 1 heterocycles. The molecule has 0 amide bonds. The molecular weight excluding hydrogens is 346 g/mol. The Balaban J connectivity index is 1.88. The lowest BCUT2D eigenvalue weighted by Gasteiger charge is -2.08. The second kappa shape index (κ2) is 7.49. The molecule has 0 spiro atoms. The van der Waals surface area contributed by atoms with Crippen LogP contribution in [0.1, 0.15) is 37.5 Å². The van der Waals surface area contributed by atoms with E-state index in [-0.39, 0.29) is 11.6 Å². The molecule has 3 heteroatoms. The van der Waals surface area contributed by atoms with Gasteiger partial charge in [-0.3, -0.25) is 9.59 Å². The fraction of sp³-hybridized carbons (Fsp3) is 0.0400. The summed E-state index contributed by atoms with van der Waals surface area (Å²) in [6.07, 6.45) is 1.75. The number of nitrogens with one attached hydrogen (secondary N) is 1. The third kappa shape index (κ3) is 3.30. The van der Waals surface area contributed by atoms with Gasteiger partial charge in [-0.05, 0) is 12.5 Å². The first kappa shape index (κ1) is 17.7. The van der Waals surface area contributed by atoms with Gasteiger partial charge in [-0.25, -0.2) is 0 Å². The van der Waals surface area contributed by atoms with E-state index in [0.29, 0.717) is 22.4 Å². The van der Waals surface area contributed by atoms with Crippen LogP contribution < -0.4 is 0 Å². The molecule has 4 aromatic rings. The van der Waals surface area contributed by atoms with Crippen molar-refractivity contribution in [1.29, 1.82) is 0 Å². The molecule has 3 aromatic carbocycles. The number of rotatable bonds is 5. The molecule has 0 bridgehead atoms. The monoisotopic (exact) mass is 365 g/mol. The van der Waals surface area contributed by atoms with Crippen molar-refractivity contribution in [3.63, 3.8) is 0 Å². The third-order valence-electron chi connectivity index (χ3n) is 4.77. The molecule has 136 valence electrons. The van der Waals surface area contributed by atoms with Crippen LogP contribution in [0, 0.1) is 6.92 Å². The Hall–Kier alpha value is -3.72. The maximum atomic E-state index is 13.4. The minimum atomic E-state index is -0.196. The van der Waals surface area contributed by atoms with Crippen molar-refractivity contribution in [3.05, 3.63) is 119 Å². The van der Waals surface area contributed by atoms with Crippen LogP contribution in [-0.4, -0.2) is 16.6 Å². The second-order valence-corrected chi connectivity index (χ2v) is 6.71. The molecule has 28 heavy (non-hydrogen) atoms. The van der Waals surface area contributed by atoms with Crippen LogP contribution in [0.25, 0.3) is 11.1 Å². The highest BCUT2D eigenvalue weighted by Crippen LogP contribution is 2.30. The maximum Gasteiger partial charge on any atom is 0.209 e. The van der Waals surface area contributed by atoms with Gasteiger partial charge in [0.1, 0.15) is 0 Å². The molecule has 0 aliphatic carbocycles. The number of ketones is 2. The zero-order valence-corrected chi connectivity index (χ0v) is 15.5. The van der Waals surface area contributed by atoms with E-state index in [1.54, 1.807) is 30.5 Å². The van der Waals surface area contributed by atoms with Gasteiger partial charge < -0.3 is 4.98 Å². The standard InChI is InChI=1S/C25H19NO2/c1-17-12-14-18(15-13-17)21-16-26-23(25(28)20-10-6-3-7-11-20)22(21)24(27)19-8-4-2-5-9-19/h2-16,26H,1H3. The van der Waals surface area contributed by atoms with Crippen LogP contribution in [0.4, 0.5) is 0 Å². The normalized spacial score (nSPS) is 10.6. The lowest BCUT2D eigenvalue weighted by Crippen LogP contribution is -2.11. The first-order chi connectivity index (χ1) is 13.6. The van der Waals surface area contributed by atoms with Crippen LogP contribution in [0.3, 0.4) is 0 Å². The molecule has 0 aliphatic rings. The van der Waals surface area contributed by atoms with Gasteiger partial charge in [0, 0.05) is 22.9 Å². The number of aromatic nitrogens is 1. The molecule has 0 fully saturated rings. The maximum absolute atomic E-state index is 13.4. The first-order valence-corrected chi connectivity index (χ1v) is 9.13. The fourth-order valence-electron chi connectivity index (χ4n) is 3.27. The van der Waals surface area contributed by atoms with Crippen molar-refractivity contribution >= 4 is 11.6 Å². The van der Waals surface area contributed by atoms with Crippen LogP contribution >= 0.6 is 0 Å². The fourth-order valence-corrected chi connectivity index (χ4v) is 3.27. The first-order valence-electron chi connectivity index (χ1n) is 9.13. The summed E-state index contributed by atoms with van der Waals surface area (Å²) in [6, 6.07) is 26.0. The summed E-state index contributed by atoms with van der Waals surface area (Å²) < 4.78 is 0. The van der Waals surface area contributed by atoms with Gasteiger partial charge in [-0.1, -0.05) is 90.5 Å². The van der Waals surface area contributed by atoms with E-state index in [1.807, 2.05) is 67.6 Å². The smallest absolute Gasteiger partial charge is 0.209 e. The quantitative estimate of drug-likeness (QED) is 0.478. The number of hydrogen-bond donors (Lipinski definition) is 1. The van der Waals surface area contributed by atoms with Crippen LogP contribution in [0.15, 0.2) is 91.1 Å². The highest BCUT2D eigenvalue weighted by molar-refractivity contribution is 6.21. The molecule has 0 unspecified atom stereocenters. The highest BCUT2D eigenvalue weighted by atomic mass is 16.1. The number of carbonyl (C=O) groups is 2. The minimum Gasteiger partial charge on any atom is -0.357 e. The molecule has 1 N–H and O–H groups in total. The summed E-state index contributed by atoms with van der Waals surface area (Å²) in [6.45, 7) is 2.02. The predicted octanol–water partition coefficient (Wildman–Crippen LogP) is 5.45. The Kier molecular flexibility index (Phi) is 4.73. The van der Waals surface area contributed by atoms with E-state index in [1.165, 1.54) is 0 Å². The van der Waals surface area contributed by atoms with Gasteiger partial charge in [0.15, 0.2) is 5.78 Å². The Bertz CT molecular complexity index is 1120. The number of benzene rings is 3. The largest absolute Gasteiger partial charge is 0.357 e. The Morgan fingerprint density at radius 1 is 0.679 bits per heavy atom.